The zero-order chi connectivity index (χ0) is 21.7. The van der Waals surface area contributed by atoms with Crippen LogP contribution in [-0.2, 0) is 12.0 Å². The molecule has 0 saturated heterocycles. The normalized spacial score (nSPS) is 12.3. The van der Waals surface area contributed by atoms with Crippen LogP contribution < -0.4 is 5.32 Å². The molecule has 0 aliphatic heterocycles. The molecule has 0 saturated carbocycles. The number of nitrogens with zero attached hydrogens (tertiary/aromatic N) is 1. The van der Waals surface area contributed by atoms with E-state index in [9.17, 15) is 4.79 Å². The maximum absolute atomic E-state index is 13.2. The van der Waals surface area contributed by atoms with Crippen LogP contribution in [-0.4, -0.2) is 10.9 Å². The summed E-state index contributed by atoms with van der Waals surface area (Å²) in [7, 11) is 0. The summed E-state index contributed by atoms with van der Waals surface area (Å²) >= 11 is 5.97. The lowest BCUT2D eigenvalue weighted by atomic mass is 9.86. The molecule has 1 unspecified atom stereocenters. The molecule has 1 N–H and O–H groups in total. The molecule has 0 aliphatic rings. The van der Waals surface area contributed by atoms with Crippen molar-refractivity contribution in [2.24, 2.45) is 0 Å². The quantitative estimate of drug-likeness (QED) is 0.457. The van der Waals surface area contributed by atoms with Crippen LogP contribution in [0.5, 0.6) is 0 Å². The summed E-state index contributed by atoms with van der Waals surface area (Å²) in [6, 6.07) is 25.5. The van der Waals surface area contributed by atoms with Crippen molar-refractivity contribution in [2.75, 3.05) is 5.32 Å². The monoisotopic (exact) mass is 420 g/mol. The van der Waals surface area contributed by atoms with E-state index in [1.54, 1.807) is 12.1 Å². The maximum atomic E-state index is 13.2. The third-order valence-corrected chi connectivity index (χ3v) is 5.53. The number of halogens is 1. The highest BCUT2D eigenvalue weighted by atomic mass is 35.5. The number of carbonyl (C=O) groups excluding carboxylic acids is 1. The minimum absolute atomic E-state index is 0.0826. The molecule has 1 atom stereocenters. The van der Waals surface area contributed by atoms with E-state index < -0.39 is 0 Å². The van der Waals surface area contributed by atoms with Crippen molar-refractivity contribution in [1.29, 1.82) is 0 Å². The molecule has 0 aromatic heterocycles. The fourth-order valence-corrected chi connectivity index (χ4v) is 3.46. The van der Waals surface area contributed by atoms with Crippen LogP contribution in [0.2, 0.25) is 5.02 Å². The van der Waals surface area contributed by atoms with Gasteiger partial charge >= 0.3 is 6.03 Å². The van der Waals surface area contributed by atoms with E-state index in [0.29, 0.717) is 11.6 Å². The first kappa shape index (κ1) is 21.9. The van der Waals surface area contributed by atoms with Gasteiger partial charge in [-0.05, 0) is 53.3 Å². The summed E-state index contributed by atoms with van der Waals surface area (Å²) in [6.45, 7) is 9.17. The Morgan fingerprint density at radius 1 is 0.933 bits per heavy atom. The molecule has 4 heteroatoms. The lowest BCUT2D eigenvalue weighted by molar-refractivity contribution is 0.189. The number of urea groups is 1. The average Bonchev–Trinajstić information content (AvgIpc) is 2.73. The van der Waals surface area contributed by atoms with E-state index in [2.05, 4.69) is 69.4 Å². The molecule has 0 radical (unpaired) electrons. The molecule has 0 spiro atoms. The van der Waals surface area contributed by atoms with Gasteiger partial charge in [0.05, 0.1) is 6.04 Å². The SMILES string of the molecule is CC(c1ccccc1)N(Cc1ccc(C(C)(C)C)cc1)C(=O)Nc1ccc(Cl)cc1. The van der Waals surface area contributed by atoms with Crippen molar-refractivity contribution in [1.82, 2.24) is 4.90 Å². The molecule has 0 fully saturated rings. The van der Waals surface area contributed by atoms with Crippen molar-refractivity contribution in [3.63, 3.8) is 0 Å². The molecule has 3 aromatic rings. The van der Waals surface area contributed by atoms with Crippen LogP contribution >= 0.6 is 11.6 Å². The number of anilines is 1. The lowest BCUT2D eigenvalue weighted by Crippen LogP contribution is -2.36. The number of hydrogen-bond donors (Lipinski definition) is 1. The van der Waals surface area contributed by atoms with Crippen LogP contribution in [0.1, 0.15) is 50.4 Å². The van der Waals surface area contributed by atoms with E-state index in [-0.39, 0.29) is 17.5 Å². The highest BCUT2D eigenvalue weighted by molar-refractivity contribution is 6.30. The number of benzene rings is 3. The number of nitrogens with one attached hydrogen (secondary N) is 1. The standard InChI is InChI=1S/C26H29ClN2O/c1-19(21-8-6-5-7-9-21)29(25(30)28-24-16-14-23(27)15-17-24)18-20-10-12-22(13-11-20)26(2,3)4/h5-17,19H,18H2,1-4H3,(H,28,30). The highest BCUT2D eigenvalue weighted by Gasteiger charge is 2.22. The van der Waals surface area contributed by atoms with Crippen LogP contribution in [0.15, 0.2) is 78.9 Å². The minimum atomic E-state index is -0.145. The first-order chi connectivity index (χ1) is 14.2. The number of hydrogen-bond acceptors (Lipinski definition) is 1. The topological polar surface area (TPSA) is 32.3 Å². The molecule has 30 heavy (non-hydrogen) atoms. The first-order valence-corrected chi connectivity index (χ1v) is 10.6. The van der Waals surface area contributed by atoms with Crippen LogP contribution in [0, 0.1) is 0 Å². The van der Waals surface area contributed by atoms with Crippen molar-refractivity contribution in [3.8, 4) is 0 Å². The third-order valence-electron chi connectivity index (χ3n) is 5.28. The van der Waals surface area contributed by atoms with Crippen molar-refractivity contribution >= 4 is 23.3 Å². The Morgan fingerprint density at radius 2 is 1.53 bits per heavy atom. The van der Waals surface area contributed by atoms with Crippen LogP contribution in [0.3, 0.4) is 0 Å². The largest absolute Gasteiger partial charge is 0.322 e. The van der Waals surface area contributed by atoms with Crippen molar-refractivity contribution in [3.05, 3.63) is 101 Å². The highest BCUT2D eigenvalue weighted by Crippen LogP contribution is 2.26. The van der Waals surface area contributed by atoms with Gasteiger partial charge in [0.25, 0.3) is 0 Å². The van der Waals surface area contributed by atoms with Gasteiger partial charge in [-0.25, -0.2) is 4.79 Å². The molecular weight excluding hydrogens is 392 g/mol. The maximum Gasteiger partial charge on any atom is 0.322 e. The molecule has 0 aliphatic carbocycles. The molecule has 2 amide bonds. The van der Waals surface area contributed by atoms with Gasteiger partial charge < -0.3 is 10.2 Å². The zero-order valence-electron chi connectivity index (χ0n) is 18.0. The van der Waals surface area contributed by atoms with E-state index in [1.807, 2.05) is 35.2 Å². The molecule has 0 bridgehead atoms. The number of carbonyl (C=O) groups is 1. The molecule has 3 rings (SSSR count). The Labute approximate surface area is 184 Å². The summed E-state index contributed by atoms with van der Waals surface area (Å²) in [5, 5.41) is 3.64. The van der Waals surface area contributed by atoms with E-state index in [0.717, 1.165) is 16.8 Å². The van der Waals surface area contributed by atoms with E-state index in [4.69, 9.17) is 11.6 Å². The van der Waals surface area contributed by atoms with Crippen molar-refractivity contribution < 1.29 is 4.79 Å². The smallest absolute Gasteiger partial charge is 0.313 e. The fraction of sp³-hybridized carbons (Fsp3) is 0.269. The third kappa shape index (κ3) is 5.64. The second-order valence-corrected chi connectivity index (χ2v) is 9.03. The van der Waals surface area contributed by atoms with Gasteiger partial charge in [0.2, 0.25) is 0 Å². The summed E-state index contributed by atoms with van der Waals surface area (Å²) in [5.74, 6) is 0. The molecule has 3 nitrogen and oxygen atoms in total. The Kier molecular flexibility index (Phi) is 6.84. The van der Waals surface area contributed by atoms with Crippen LogP contribution in [0.4, 0.5) is 10.5 Å². The minimum Gasteiger partial charge on any atom is -0.313 e. The second kappa shape index (κ2) is 9.36. The van der Waals surface area contributed by atoms with Crippen LogP contribution in [0.25, 0.3) is 0 Å². The predicted molar refractivity (Wildman–Crippen MR) is 126 cm³/mol. The van der Waals surface area contributed by atoms with Gasteiger partial charge in [-0.2, -0.15) is 0 Å². The van der Waals surface area contributed by atoms with Gasteiger partial charge in [-0.3, -0.25) is 0 Å². The molecule has 156 valence electrons. The molecular formula is C26H29ClN2O. The van der Waals surface area contributed by atoms with Crippen molar-refractivity contribution in [2.45, 2.75) is 45.7 Å². The Hall–Kier alpha value is -2.78. The Balaban J connectivity index is 1.85. The zero-order valence-corrected chi connectivity index (χ0v) is 18.8. The summed E-state index contributed by atoms with van der Waals surface area (Å²) in [4.78, 5) is 15.1. The molecule has 3 aromatic carbocycles. The van der Waals surface area contributed by atoms with E-state index in [1.165, 1.54) is 5.56 Å². The van der Waals surface area contributed by atoms with Gasteiger partial charge in [0, 0.05) is 17.3 Å². The summed E-state index contributed by atoms with van der Waals surface area (Å²) in [5.41, 5.74) is 4.28. The molecule has 0 heterocycles. The summed E-state index contributed by atoms with van der Waals surface area (Å²) in [6.07, 6.45) is 0. The summed E-state index contributed by atoms with van der Waals surface area (Å²) < 4.78 is 0. The second-order valence-electron chi connectivity index (χ2n) is 8.60. The van der Waals surface area contributed by atoms with Gasteiger partial charge in [0.1, 0.15) is 0 Å². The number of rotatable bonds is 5. The lowest BCUT2D eigenvalue weighted by Gasteiger charge is -2.30. The average molecular weight is 421 g/mol. The van der Waals surface area contributed by atoms with Gasteiger partial charge in [-0.15, -0.1) is 0 Å². The van der Waals surface area contributed by atoms with Gasteiger partial charge in [0.15, 0.2) is 0 Å². The van der Waals surface area contributed by atoms with E-state index >= 15 is 0 Å². The number of amides is 2. The predicted octanol–water partition coefficient (Wildman–Crippen LogP) is 7.43. The Bertz CT molecular complexity index is 961. The Morgan fingerprint density at radius 3 is 2.10 bits per heavy atom. The first-order valence-electron chi connectivity index (χ1n) is 10.2. The fourth-order valence-electron chi connectivity index (χ4n) is 3.33. The van der Waals surface area contributed by atoms with Gasteiger partial charge in [-0.1, -0.05) is 87.0 Å².